The lowest BCUT2D eigenvalue weighted by atomic mass is 10.2. The molecule has 5 heteroatoms. The molecule has 22 heavy (non-hydrogen) atoms. The largest absolute Gasteiger partial charge is 0.338 e. The summed E-state index contributed by atoms with van der Waals surface area (Å²) in [5.74, 6) is 0.808. The number of nitrogens with zero attached hydrogens (tertiary/aromatic N) is 1. The standard InChI is InChI=1S/C17H16ClN3O/c1-2-3-16(22)19-13-8-9-14-15(10-13)21-17(20-14)11-4-6-12(18)7-5-11/h4-10H,2-3H2,1H3,(H,19,22)(H,20,21). The van der Waals surface area contributed by atoms with Crippen molar-refractivity contribution in [1.82, 2.24) is 9.97 Å². The van der Waals surface area contributed by atoms with Crippen LogP contribution >= 0.6 is 11.6 Å². The van der Waals surface area contributed by atoms with E-state index < -0.39 is 0 Å². The lowest BCUT2D eigenvalue weighted by Gasteiger charge is -2.03. The van der Waals surface area contributed by atoms with E-state index in [9.17, 15) is 4.79 Å². The van der Waals surface area contributed by atoms with Crippen molar-refractivity contribution in [3.8, 4) is 11.4 Å². The molecule has 0 radical (unpaired) electrons. The lowest BCUT2D eigenvalue weighted by molar-refractivity contribution is -0.116. The summed E-state index contributed by atoms with van der Waals surface area (Å²) in [5.41, 5.74) is 3.49. The monoisotopic (exact) mass is 313 g/mol. The molecule has 0 fully saturated rings. The topological polar surface area (TPSA) is 57.8 Å². The van der Waals surface area contributed by atoms with Crippen molar-refractivity contribution in [2.45, 2.75) is 19.8 Å². The Morgan fingerprint density at radius 1 is 1.23 bits per heavy atom. The number of rotatable bonds is 4. The molecule has 3 rings (SSSR count). The molecular weight excluding hydrogens is 298 g/mol. The van der Waals surface area contributed by atoms with Gasteiger partial charge in [-0.15, -0.1) is 0 Å². The number of carbonyl (C=O) groups excluding carboxylic acids is 1. The van der Waals surface area contributed by atoms with E-state index in [0.717, 1.165) is 34.5 Å². The second-order valence-corrected chi connectivity index (χ2v) is 5.56. The van der Waals surface area contributed by atoms with Crippen molar-refractivity contribution < 1.29 is 4.79 Å². The van der Waals surface area contributed by atoms with E-state index in [4.69, 9.17) is 11.6 Å². The number of fused-ring (bicyclic) bond motifs is 1. The maximum atomic E-state index is 11.7. The highest BCUT2D eigenvalue weighted by atomic mass is 35.5. The zero-order valence-corrected chi connectivity index (χ0v) is 12.9. The first kappa shape index (κ1) is 14.6. The number of imidazole rings is 1. The lowest BCUT2D eigenvalue weighted by Crippen LogP contribution is -2.10. The van der Waals surface area contributed by atoms with Crippen molar-refractivity contribution in [2.24, 2.45) is 0 Å². The van der Waals surface area contributed by atoms with Gasteiger partial charge in [-0.25, -0.2) is 4.98 Å². The highest BCUT2D eigenvalue weighted by molar-refractivity contribution is 6.30. The number of nitrogens with one attached hydrogen (secondary N) is 2. The van der Waals surface area contributed by atoms with Crippen LogP contribution in [-0.4, -0.2) is 15.9 Å². The Kier molecular flexibility index (Phi) is 4.11. The molecule has 0 unspecified atom stereocenters. The van der Waals surface area contributed by atoms with Gasteiger partial charge in [0, 0.05) is 22.7 Å². The van der Waals surface area contributed by atoms with E-state index in [-0.39, 0.29) is 5.91 Å². The molecular formula is C17H16ClN3O. The van der Waals surface area contributed by atoms with Crippen molar-refractivity contribution in [3.05, 3.63) is 47.5 Å². The number of aromatic nitrogens is 2. The minimum atomic E-state index is 0.0271. The van der Waals surface area contributed by atoms with Crippen LogP contribution in [-0.2, 0) is 4.79 Å². The molecule has 1 amide bonds. The molecule has 0 aliphatic carbocycles. The zero-order chi connectivity index (χ0) is 15.5. The Morgan fingerprint density at radius 3 is 2.73 bits per heavy atom. The van der Waals surface area contributed by atoms with Crippen LogP contribution in [0.3, 0.4) is 0 Å². The molecule has 2 aromatic carbocycles. The number of H-pyrrole nitrogens is 1. The molecule has 3 aromatic rings. The Balaban J connectivity index is 1.90. The smallest absolute Gasteiger partial charge is 0.224 e. The summed E-state index contributed by atoms with van der Waals surface area (Å²) in [5, 5.41) is 3.58. The van der Waals surface area contributed by atoms with Gasteiger partial charge in [0.25, 0.3) is 0 Å². The zero-order valence-electron chi connectivity index (χ0n) is 12.2. The van der Waals surface area contributed by atoms with E-state index in [1.54, 1.807) is 0 Å². The average Bonchev–Trinajstić information content (AvgIpc) is 2.91. The fourth-order valence-electron chi connectivity index (χ4n) is 2.28. The third kappa shape index (κ3) is 3.12. The normalized spacial score (nSPS) is 10.8. The summed E-state index contributed by atoms with van der Waals surface area (Å²) < 4.78 is 0. The van der Waals surface area contributed by atoms with Crippen LogP contribution in [0.15, 0.2) is 42.5 Å². The highest BCUT2D eigenvalue weighted by Gasteiger charge is 2.07. The summed E-state index contributed by atoms with van der Waals surface area (Å²) in [6.07, 6.45) is 1.36. The van der Waals surface area contributed by atoms with Crippen molar-refractivity contribution in [1.29, 1.82) is 0 Å². The van der Waals surface area contributed by atoms with Crippen LogP contribution < -0.4 is 5.32 Å². The SMILES string of the molecule is CCCC(=O)Nc1ccc2nc(-c3ccc(Cl)cc3)[nH]c2c1. The molecule has 1 aromatic heterocycles. The van der Waals surface area contributed by atoms with Crippen LogP contribution in [0.1, 0.15) is 19.8 Å². The van der Waals surface area contributed by atoms with E-state index in [2.05, 4.69) is 15.3 Å². The van der Waals surface area contributed by atoms with Gasteiger partial charge < -0.3 is 10.3 Å². The number of amides is 1. The second-order valence-electron chi connectivity index (χ2n) is 5.12. The summed E-state index contributed by atoms with van der Waals surface area (Å²) in [7, 11) is 0. The predicted octanol–water partition coefficient (Wildman–Crippen LogP) is 4.62. The first-order valence-electron chi connectivity index (χ1n) is 7.21. The number of hydrogen-bond acceptors (Lipinski definition) is 2. The third-order valence-corrected chi connectivity index (χ3v) is 3.61. The van der Waals surface area contributed by atoms with Gasteiger partial charge in [-0.05, 0) is 48.9 Å². The van der Waals surface area contributed by atoms with Gasteiger partial charge in [0.2, 0.25) is 5.91 Å². The van der Waals surface area contributed by atoms with E-state index >= 15 is 0 Å². The molecule has 112 valence electrons. The molecule has 1 heterocycles. The van der Waals surface area contributed by atoms with Gasteiger partial charge in [0.15, 0.2) is 0 Å². The Hall–Kier alpha value is -2.33. The van der Waals surface area contributed by atoms with Crippen molar-refractivity contribution in [3.63, 3.8) is 0 Å². The Morgan fingerprint density at radius 2 is 2.00 bits per heavy atom. The first-order valence-corrected chi connectivity index (χ1v) is 7.59. The number of aromatic amines is 1. The molecule has 0 aliphatic rings. The molecule has 0 aliphatic heterocycles. The maximum absolute atomic E-state index is 11.7. The fourth-order valence-corrected chi connectivity index (χ4v) is 2.41. The summed E-state index contributed by atoms with van der Waals surface area (Å²) in [6, 6.07) is 13.2. The van der Waals surface area contributed by atoms with Gasteiger partial charge in [0.05, 0.1) is 11.0 Å². The second kappa shape index (κ2) is 6.20. The summed E-state index contributed by atoms with van der Waals surface area (Å²) >= 11 is 5.90. The van der Waals surface area contributed by atoms with Crippen LogP contribution in [0.5, 0.6) is 0 Å². The van der Waals surface area contributed by atoms with E-state index in [1.165, 1.54) is 0 Å². The Labute approximate surface area is 133 Å². The summed E-state index contributed by atoms with van der Waals surface area (Å²) in [6.45, 7) is 1.98. The molecule has 0 saturated carbocycles. The fraction of sp³-hybridized carbons (Fsp3) is 0.176. The summed E-state index contributed by atoms with van der Waals surface area (Å²) in [4.78, 5) is 19.5. The van der Waals surface area contributed by atoms with Crippen molar-refractivity contribution >= 4 is 34.2 Å². The van der Waals surface area contributed by atoms with Gasteiger partial charge >= 0.3 is 0 Å². The van der Waals surface area contributed by atoms with Crippen LogP contribution in [0.25, 0.3) is 22.4 Å². The highest BCUT2D eigenvalue weighted by Crippen LogP contribution is 2.24. The predicted molar refractivity (Wildman–Crippen MR) is 90.1 cm³/mol. The molecule has 0 bridgehead atoms. The van der Waals surface area contributed by atoms with E-state index in [1.807, 2.05) is 49.4 Å². The molecule has 0 saturated heterocycles. The number of carbonyl (C=O) groups is 1. The van der Waals surface area contributed by atoms with Gasteiger partial charge in [0.1, 0.15) is 5.82 Å². The quantitative estimate of drug-likeness (QED) is 0.738. The average molecular weight is 314 g/mol. The number of hydrogen-bond donors (Lipinski definition) is 2. The molecule has 4 nitrogen and oxygen atoms in total. The Bertz CT molecular complexity index is 808. The molecule has 0 spiro atoms. The maximum Gasteiger partial charge on any atom is 0.224 e. The van der Waals surface area contributed by atoms with Gasteiger partial charge in [-0.1, -0.05) is 18.5 Å². The minimum absolute atomic E-state index is 0.0271. The number of benzene rings is 2. The van der Waals surface area contributed by atoms with Crippen molar-refractivity contribution in [2.75, 3.05) is 5.32 Å². The van der Waals surface area contributed by atoms with Crippen LogP contribution in [0.4, 0.5) is 5.69 Å². The third-order valence-electron chi connectivity index (χ3n) is 3.36. The van der Waals surface area contributed by atoms with Crippen LogP contribution in [0, 0.1) is 0 Å². The number of anilines is 1. The minimum Gasteiger partial charge on any atom is -0.338 e. The van der Waals surface area contributed by atoms with Gasteiger partial charge in [-0.2, -0.15) is 0 Å². The van der Waals surface area contributed by atoms with E-state index in [0.29, 0.717) is 11.4 Å². The first-order chi connectivity index (χ1) is 10.7. The molecule has 2 N–H and O–H groups in total. The number of halogens is 1. The molecule has 0 atom stereocenters. The van der Waals surface area contributed by atoms with Crippen LogP contribution in [0.2, 0.25) is 5.02 Å². The van der Waals surface area contributed by atoms with Gasteiger partial charge in [-0.3, -0.25) is 4.79 Å².